The van der Waals surface area contributed by atoms with Gasteiger partial charge in [-0.1, -0.05) is 6.07 Å². The predicted octanol–water partition coefficient (Wildman–Crippen LogP) is 1.86. The fourth-order valence-corrected chi connectivity index (χ4v) is 2.70. The first-order chi connectivity index (χ1) is 12.4. The summed E-state index contributed by atoms with van der Waals surface area (Å²) in [4.78, 5) is 20.9. The van der Waals surface area contributed by atoms with Crippen molar-refractivity contribution in [2.75, 3.05) is 20.8 Å². The van der Waals surface area contributed by atoms with E-state index < -0.39 is 6.04 Å². The Morgan fingerprint density at radius 1 is 1.12 bits per heavy atom. The average molecular weight is 358 g/mol. The van der Waals surface area contributed by atoms with Crippen molar-refractivity contribution in [3.63, 3.8) is 0 Å². The fraction of sp³-hybridized carbons (Fsp3) is 0.421. The summed E-state index contributed by atoms with van der Waals surface area (Å²) in [6.07, 6.45) is 0.767. The molecule has 0 saturated carbocycles. The van der Waals surface area contributed by atoms with Crippen LogP contribution in [0.5, 0.6) is 11.5 Å². The van der Waals surface area contributed by atoms with Crippen LogP contribution in [0.15, 0.2) is 24.3 Å². The molecule has 0 bridgehead atoms. The van der Waals surface area contributed by atoms with Gasteiger partial charge in [-0.25, -0.2) is 9.97 Å². The number of carbonyl (C=O) groups excluding carboxylic acids is 1. The quantitative estimate of drug-likeness (QED) is 0.747. The molecular weight excluding hydrogens is 332 g/mol. The van der Waals surface area contributed by atoms with E-state index in [2.05, 4.69) is 15.3 Å². The first-order valence-corrected chi connectivity index (χ1v) is 8.48. The summed E-state index contributed by atoms with van der Waals surface area (Å²) in [6, 6.07) is 6.91. The molecule has 1 unspecified atom stereocenters. The SMILES string of the molecule is COc1ccc(C(N)CC(=O)NCCc2nc(C)cc(C)n2)cc1OC. The predicted molar refractivity (Wildman–Crippen MR) is 99.3 cm³/mol. The Hall–Kier alpha value is -2.67. The molecule has 0 fully saturated rings. The minimum Gasteiger partial charge on any atom is -0.493 e. The lowest BCUT2D eigenvalue weighted by atomic mass is 10.0. The standard InChI is InChI=1S/C19H26N4O3/c1-12-9-13(2)23-18(22-12)7-8-21-19(24)11-15(20)14-5-6-16(25-3)17(10-14)26-4/h5-6,9-10,15H,7-8,11,20H2,1-4H3,(H,21,24). The lowest BCUT2D eigenvalue weighted by molar-refractivity contribution is -0.121. The first-order valence-electron chi connectivity index (χ1n) is 8.48. The van der Waals surface area contributed by atoms with E-state index in [0.717, 1.165) is 22.8 Å². The van der Waals surface area contributed by atoms with Crippen LogP contribution in [-0.4, -0.2) is 36.6 Å². The van der Waals surface area contributed by atoms with Crippen LogP contribution in [0.25, 0.3) is 0 Å². The molecule has 140 valence electrons. The third kappa shape index (κ3) is 5.42. The molecule has 7 heteroatoms. The second-order valence-electron chi connectivity index (χ2n) is 6.09. The molecule has 0 aliphatic rings. The molecule has 1 amide bonds. The van der Waals surface area contributed by atoms with Gasteiger partial charge in [0.1, 0.15) is 5.82 Å². The van der Waals surface area contributed by atoms with Crippen molar-refractivity contribution >= 4 is 5.91 Å². The van der Waals surface area contributed by atoms with E-state index in [1.165, 1.54) is 0 Å². The van der Waals surface area contributed by atoms with Crippen LogP contribution in [-0.2, 0) is 11.2 Å². The Bertz CT molecular complexity index is 744. The maximum Gasteiger partial charge on any atom is 0.221 e. The maximum absolute atomic E-state index is 12.1. The first kappa shape index (κ1) is 19.7. The molecule has 0 radical (unpaired) electrons. The van der Waals surface area contributed by atoms with Gasteiger partial charge in [0.25, 0.3) is 0 Å². The fourth-order valence-electron chi connectivity index (χ4n) is 2.70. The minimum atomic E-state index is -0.424. The van der Waals surface area contributed by atoms with E-state index in [4.69, 9.17) is 15.2 Å². The molecule has 0 aliphatic heterocycles. The van der Waals surface area contributed by atoms with Crippen molar-refractivity contribution in [1.82, 2.24) is 15.3 Å². The highest BCUT2D eigenvalue weighted by Crippen LogP contribution is 2.30. The summed E-state index contributed by atoms with van der Waals surface area (Å²) < 4.78 is 10.5. The number of aromatic nitrogens is 2. The van der Waals surface area contributed by atoms with Gasteiger partial charge >= 0.3 is 0 Å². The van der Waals surface area contributed by atoms with Gasteiger partial charge in [-0.2, -0.15) is 0 Å². The lowest BCUT2D eigenvalue weighted by Crippen LogP contribution is -2.29. The number of nitrogens with one attached hydrogen (secondary N) is 1. The number of hydrogen-bond donors (Lipinski definition) is 2. The van der Waals surface area contributed by atoms with Crippen molar-refractivity contribution in [1.29, 1.82) is 0 Å². The number of aryl methyl sites for hydroxylation is 2. The summed E-state index contributed by atoms with van der Waals surface area (Å²) in [5, 5.41) is 2.87. The third-order valence-electron chi connectivity index (χ3n) is 3.94. The van der Waals surface area contributed by atoms with Crippen LogP contribution in [0.2, 0.25) is 0 Å². The molecule has 0 saturated heterocycles. The molecule has 1 aromatic heterocycles. The molecule has 3 N–H and O–H groups in total. The van der Waals surface area contributed by atoms with Gasteiger partial charge in [-0.3, -0.25) is 4.79 Å². The normalized spacial score (nSPS) is 11.7. The van der Waals surface area contributed by atoms with Gasteiger partial charge < -0.3 is 20.5 Å². The van der Waals surface area contributed by atoms with Crippen molar-refractivity contribution < 1.29 is 14.3 Å². The molecule has 2 rings (SSSR count). The smallest absolute Gasteiger partial charge is 0.221 e. The zero-order valence-electron chi connectivity index (χ0n) is 15.7. The average Bonchev–Trinajstić information content (AvgIpc) is 2.60. The highest BCUT2D eigenvalue weighted by molar-refractivity contribution is 5.76. The van der Waals surface area contributed by atoms with E-state index in [1.807, 2.05) is 26.0 Å². The van der Waals surface area contributed by atoms with Gasteiger partial charge in [0.15, 0.2) is 11.5 Å². The summed E-state index contributed by atoms with van der Waals surface area (Å²) in [6.45, 7) is 4.33. The number of nitrogens with two attached hydrogens (primary N) is 1. The Morgan fingerprint density at radius 2 is 1.77 bits per heavy atom. The molecule has 1 atom stereocenters. The van der Waals surface area contributed by atoms with Crippen molar-refractivity contribution in [2.24, 2.45) is 5.73 Å². The maximum atomic E-state index is 12.1. The summed E-state index contributed by atoms with van der Waals surface area (Å²) in [7, 11) is 3.14. The molecule has 0 aliphatic carbocycles. The zero-order valence-corrected chi connectivity index (χ0v) is 15.7. The van der Waals surface area contributed by atoms with Gasteiger partial charge in [0, 0.05) is 36.8 Å². The second-order valence-corrected chi connectivity index (χ2v) is 6.09. The lowest BCUT2D eigenvalue weighted by Gasteiger charge is -2.15. The largest absolute Gasteiger partial charge is 0.493 e. The van der Waals surface area contributed by atoms with Crippen LogP contribution in [0.1, 0.15) is 35.2 Å². The Morgan fingerprint density at radius 3 is 2.38 bits per heavy atom. The number of ether oxygens (including phenoxy) is 2. The zero-order chi connectivity index (χ0) is 19.1. The van der Waals surface area contributed by atoms with Gasteiger partial charge in [0.05, 0.1) is 14.2 Å². The number of hydrogen-bond acceptors (Lipinski definition) is 6. The Balaban J connectivity index is 1.87. The van der Waals surface area contributed by atoms with Crippen LogP contribution in [0, 0.1) is 13.8 Å². The van der Waals surface area contributed by atoms with Crippen LogP contribution < -0.4 is 20.5 Å². The molecule has 1 aromatic carbocycles. The van der Waals surface area contributed by atoms with Crippen molar-refractivity contribution in [3.8, 4) is 11.5 Å². The van der Waals surface area contributed by atoms with E-state index >= 15 is 0 Å². The molecule has 26 heavy (non-hydrogen) atoms. The van der Waals surface area contributed by atoms with Crippen LogP contribution in [0.3, 0.4) is 0 Å². The van der Waals surface area contributed by atoms with E-state index in [9.17, 15) is 4.79 Å². The van der Waals surface area contributed by atoms with Crippen molar-refractivity contribution in [2.45, 2.75) is 32.7 Å². The van der Waals surface area contributed by atoms with E-state index in [0.29, 0.717) is 24.5 Å². The molecular formula is C19H26N4O3. The number of benzene rings is 1. The molecule has 1 heterocycles. The summed E-state index contributed by atoms with van der Waals surface area (Å²) >= 11 is 0. The summed E-state index contributed by atoms with van der Waals surface area (Å²) in [5.41, 5.74) is 8.82. The highest BCUT2D eigenvalue weighted by atomic mass is 16.5. The topological polar surface area (TPSA) is 99.4 Å². The number of amides is 1. The highest BCUT2D eigenvalue weighted by Gasteiger charge is 2.14. The number of rotatable bonds is 8. The van der Waals surface area contributed by atoms with Crippen molar-refractivity contribution in [3.05, 3.63) is 47.0 Å². The number of nitrogens with zero attached hydrogens (tertiary/aromatic N) is 2. The van der Waals surface area contributed by atoms with Gasteiger partial charge in [-0.05, 0) is 37.6 Å². The molecule has 0 spiro atoms. The summed E-state index contributed by atoms with van der Waals surface area (Å²) in [5.74, 6) is 1.83. The van der Waals surface area contributed by atoms with Gasteiger partial charge in [0.2, 0.25) is 5.91 Å². The Kier molecular flexibility index (Phi) is 6.91. The van der Waals surface area contributed by atoms with E-state index in [-0.39, 0.29) is 12.3 Å². The molecule has 2 aromatic rings. The molecule has 7 nitrogen and oxygen atoms in total. The monoisotopic (exact) mass is 358 g/mol. The number of methoxy groups -OCH3 is 2. The van der Waals surface area contributed by atoms with E-state index in [1.54, 1.807) is 26.4 Å². The second kappa shape index (κ2) is 9.15. The Labute approximate surface area is 153 Å². The van der Waals surface area contributed by atoms with Crippen LogP contribution in [0.4, 0.5) is 0 Å². The number of carbonyl (C=O) groups is 1. The third-order valence-corrected chi connectivity index (χ3v) is 3.94. The minimum absolute atomic E-state index is 0.114. The van der Waals surface area contributed by atoms with Gasteiger partial charge in [-0.15, -0.1) is 0 Å². The van der Waals surface area contributed by atoms with Crippen LogP contribution >= 0.6 is 0 Å².